The Morgan fingerprint density at radius 1 is 1.43 bits per heavy atom. The van der Waals surface area contributed by atoms with Crippen LogP contribution in [0.3, 0.4) is 0 Å². The number of rotatable bonds is 4. The van der Waals surface area contributed by atoms with Crippen molar-refractivity contribution in [3.05, 3.63) is 53.5 Å². The largest absolute Gasteiger partial charge is 0.467 e. The first-order valence-corrected chi connectivity index (χ1v) is 7.60. The van der Waals surface area contributed by atoms with Crippen molar-refractivity contribution >= 4 is 11.6 Å². The summed E-state index contributed by atoms with van der Waals surface area (Å²) in [6.45, 7) is 2.47. The van der Waals surface area contributed by atoms with E-state index in [-0.39, 0.29) is 18.5 Å². The number of anilines is 1. The normalized spacial score (nSPS) is 15.2. The molecule has 2 heterocycles. The van der Waals surface area contributed by atoms with Crippen LogP contribution in [-0.4, -0.2) is 19.0 Å². The van der Waals surface area contributed by atoms with E-state index in [0.717, 1.165) is 12.5 Å². The number of carbonyl (C=O) groups is 1. The van der Waals surface area contributed by atoms with Crippen LogP contribution in [0.2, 0.25) is 0 Å². The topological polar surface area (TPSA) is 45.5 Å². The smallest absolute Gasteiger partial charge is 0.240 e. The van der Waals surface area contributed by atoms with E-state index in [1.165, 1.54) is 6.07 Å². The maximum absolute atomic E-state index is 13.9. The summed E-state index contributed by atoms with van der Waals surface area (Å²) in [4.78, 5) is 13.9. The summed E-state index contributed by atoms with van der Waals surface area (Å²) in [5.74, 6) is -0.729. The van der Waals surface area contributed by atoms with Gasteiger partial charge in [0.05, 0.1) is 18.8 Å². The number of carbonyl (C=O) groups excluding carboxylic acids is 1. The molecule has 0 aliphatic carbocycles. The van der Waals surface area contributed by atoms with Gasteiger partial charge in [0.15, 0.2) is 0 Å². The van der Waals surface area contributed by atoms with Gasteiger partial charge in [-0.15, -0.1) is 0 Å². The molecule has 3 rings (SSSR count). The van der Waals surface area contributed by atoms with Crippen molar-refractivity contribution in [2.75, 3.05) is 18.0 Å². The fourth-order valence-electron chi connectivity index (χ4n) is 2.92. The third-order valence-corrected chi connectivity index (χ3v) is 4.01. The molecule has 0 unspecified atom stereocenters. The number of amides is 1. The van der Waals surface area contributed by atoms with E-state index in [1.807, 2.05) is 6.92 Å². The second-order valence-electron chi connectivity index (χ2n) is 5.72. The molecule has 0 bridgehead atoms. The lowest BCUT2D eigenvalue weighted by atomic mass is 10.0. The molecule has 4 nitrogen and oxygen atoms in total. The monoisotopic (exact) mass is 320 g/mol. The Hall–Kier alpha value is -2.37. The minimum absolute atomic E-state index is 0.0565. The van der Waals surface area contributed by atoms with Gasteiger partial charge in [-0.3, -0.25) is 4.79 Å². The van der Waals surface area contributed by atoms with Crippen LogP contribution >= 0.6 is 0 Å². The van der Waals surface area contributed by atoms with Crippen LogP contribution in [0.15, 0.2) is 34.9 Å². The number of benzene rings is 1. The summed E-state index contributed by atoms with van der Waals surface area (Å²) in [5.41, 5.74) is 0.944. The van der Waals surface area contributed by atoms with Crippen LogP contribution in [0.5, 0.6) is 0 Å². The molecule has 0 saturated heterocycles. The zero-order valence-electron chi connectivity index (χ0n) is 12.8. The molecule has 0 saturated carbocycles. The fourth-order valence-corrected chi connectivity index (χ4v) is 2.92. The van der Waals surface area contributed by atoms with Gasteiger partial charge in [-0.2, -0.15) is 0 Å². The highest BCUT2D eigenvalue weighted by Gasteiger charge is 2.23. The lowest BCUT2D eigenvalue weighted by Gasteiger charge is -2.31. The van der Waals surface area contributed by atoms with Crippen LogP contribution in [0.25, 0.3) is 0 Å². The molecule has 0 spiro atoms. The summed E-state index contributed by atoms with van der Waals surface area (Å²) in [5, 5.41) is 2.83. The Morgan fingerprint density at radius 3 is 3.00 bits per heavy atom. The van der Waals surface area contributed by atoms with E-state index in [9.17, 15) is 13.6 Å². The van der Waals surface area contributed by atoms with E-state index in [1.54, 1.807) is 23.3 Å². The molecule has 1 aliphatic rings. The Morgan fingerprint density at radius 2 is 2.26 bits per heavy atom. The average molecular weight is 320 g/mol. The van der Waals surface area contributed by atoms with Gasteiger partial charge in [-0.25, -0.2) is 8.78 Å². The highest BCUT2D eigenvalue weighted by Crippen LogP contribution is 2.30. The summed E-state index contributed by atoms with van der Waals surface area (Å²) >= 11 is 0. The summed E-state index contributed by atoms with van der Waals surface area (Å²) in [6.07, 6.45) is 2.84. The van der Waals surface area contributed by atoms with Gasteiger partial charge in [0, 0.05) is 23.9 Å². The van der Waals surface area contributed by atoms with Gasteiger partial charge < -0.3 is 14.6 Å². The first-order valence-electron chi connectivity index (χ1n) is 7.60. The second-order valence-corrected chi connectivity index (χ2v) is 5.72. The van der Waals surface area contributed by atoms with E-state index in [2.05, 4.69) is 5.32 Å². The fraction of sp³-hybridized carbons (Fsp3) is 0.353. The highest BCUT2D eigenvalue weighted by atomic mass is 19.1. The number of fused-ring (bicyclic) bond motifs is 1. The number of nitrogens with zero attached hydrogens (tertiary/aromatic N) is 1. The third kappa shape index (κ3) is 3.36. The molecule has 6 heteroatoms. The van der Waals surface area contributed by atoms with Crippen molar-refractivity contribution in [3.63, 3.8) is 0 Å². The molecule has 1 aromatic carbocycles. The van der Waals surface area contributed by atoms with Crippen molar-refractivity contribution in [3.8, 4) is 0 Å². The first-order chi connectivity index (χ1) is 11.0. The maximum atomic E-state index is 13.9. The zero-order chi connectivity index (χ0) is 16.4. The quantitative estimate of drug-likeness (QED) is 0.941. The van der Waals surface area contributed by atoms with Gasteiger partial charge in [-0.05, 0) is 38.0 Å². The van der Waals surface area contributed by atoms with Crippen molar-refractivity contribution in [1.82, 2.24) is 5.32 Å². The number of nitrogens with one attached hydrogen (secondary N) is 1. The zero-order valence-corrected chi connectivity index (χ0v) is 12.8. The summed E-state index contributed by atoms with van der Waals surface area (Å²) in [7, 11) is 0. The Kier molecular flexibility index (Phi) is 4.32. The SMILES string of the molecule is C[C@@H](NC(=O)CN1CCCc2c(F)cc(F)cc21)c1ccco1. The maximum Gasteiger partial charge on any atom is 0.240 e. The van der Waals surface area contributed by atoms with Crippen LogP contribution in [0, 0.1) is 11.6 Å². The van der Waals surface area contributed by atoms with E-state index >= 15 is 0 Å². The summed E-state index contributed by atoms with van der Waals surface area (Å²) < 4.78 is 32.6. The van der Waals surface area contributed by atoms with Crippen LogP contribution in [-0.2, 0) is 11.2 Å². The number of halogens is 2. The Balaban J connectivity index is 1.71. The minimum Gasteiger partial charge on any atom is -0.467 e. The van der Waals surface area contributed by atoms with Gasteiger partial charge in [0.1, 0.15) is 17.4 Å². The van der Waals surface area contributed by atoms with Gasteiger partial charge >= 0.3 is 0 Å². The molecule has 1 aliphatic heterocycles. The minimum atomic E-state index is -0.627. The molecule has 1 aromatic heterocycles. The lowest BCUT2D eigenvalue weighted by Crippen LogP contribution is -2.40. The van der Waals surface area contributed by atoms with E-state index in [0.29, 0.717) is 30.0 Å². The van der Waals surface area contributed by atoms with Crippen LogP contribution in [0.1, 0.15) is 30.7 Å². The Bertz CT molecular complexity index is 701. The molecule has 0 fully saturated rings. The van der Waals surface area contributed by atoms with Crippen molar-refractivity contribution in [2.24, 2.45) is 0 Å². The third-order valence-electron chi connectivity index (χ3n) is 4.01. The van der Waals surface area contributed by atoms with Crippen molar-refractivity contribution in [2.45, 2.75) is 25.8 Å². The molecule has 1 atom stereocenters. The molecule has 0 radical (unpaired) electrons. The van der Waals surface area contributed by atoms with Gasteiger partial charge in [-0.1, -0.05) is 0 Å². The average Bonchev–Trinajstić information content (AvgIpc) is 3.02. The van der Waals surface area contributed by atoms with Crippen molar-refractivity contribution < 1.29 is 18.0 Å². The number of hydrogen-bond acceptors (Lipinski definition) is 3. The number of hydrogen-bond donors (Lipinski definition) is 1. The molecule has 2 aromatic rings. The molecule has 122 valence electrons. The van der Waals surface area contributed by atoms with Crippen molar-refractivity contribution in [1.29, 1.82) is 0 Å². The van der Waals surface area contributed by atoms with E-state index < -0.39 is 11.6 Å². The highest BCUT2D eigenvalue weighted by molar-refractivity contribution is 5.82. The van der Waals surface area contributed by atoms with E-state index in [4.69, 9.17) is 4.42 Å². The standard InChI is InChI=1S/C17H18F2N2O2/c1-11(16-5-3-7-23-16)20-17(22)10-21-6-2-4-13-14(19)8-12(18)9-15(13)21/h3,5,7-9,11H,2,4,6,10H2,1H3,(H,20,22)/t11-/m1/s1. The molecular formula is C17H18F2N2O2. The number of furan rings is 1. The summed E-state index contributed by atoms with van der Waals surface area (Å²) in [6, 6.07) is 5.46. The molecular weight excluding hydrogens is 302 g/mol. The first kappa shape index (κ1) is 15.5. The lowest BCUT2D eigenvalue weighted by molar-refractivity contribution is -0.120. The van der Waals surface area contributed by atoms with Gasteiger partial charge in [0.2, 0.25) is 5.91 Å². The van der Waals surface area contributed by atoms with Gasteiger partial charge in [0.25, 0.3) is 0 Å². The van der Waals surface area contributed by atoms with Crippen LogP contribution < -0.4 is 10.2 Å². The molecule has 23 heavy (non-hydrogen) atoms. The second kappa shape index (κ2) is 6.40. The Labute approximate surface area is 133 Å². The predicted octanol–water partition coefficient (Wildman–Crippen LogP) is 3.19. The van der Waals surface area contributed by atoms with Crippen LogP contribution in [0.4, 0.5) is 14.5 Å². The molecule has 1 amide bonds. The molecule has 1 N–H and O–H groups in total. The predicted molar refractivity (Wildman–Crippen MR) is 82.2 cm³/mol.